The predicted molar refractivity (Wildman–Crippen MR) is 77.5 cm³/mol. The Balaban J connectivity index is 0. The largest absolute Gasteiger partial charge is 0.392 e. The number of β-amino-alcohol motifs (C(OH)–C–C–N with tert-alkyl or cyclic N) is 1. The molecule has 1 heterocycles. The van der Waals surface area contributed by atoms with Crippen LogP contribution < -0.4 is 5.73 Å². The van der Waals surface area contributed by atoms with Crippen LogP contribution in [0.5, 0.6) is 0 Å². The maximum atomic E-state index is 11.7. The number of hydrogen-bond donors (Lipinski definition) is 2. The molecular weight excluding hydrogens is 277 g/mol. The molecule has 0 bridgehead atoms. The Labute approximate surface area is 122 Å². The Morgan fingerprint density at radius 3 is 2.50 bits per heavy atom. The van der Waals surface area contributed by atoms with Crippen molar-refractivity contribution in [2.24, 2.45) is 5.73 Å². The molecule has 0 aromatic carbocycles. The molecule has 0 saturated carbocycles. The van der Waals surface area contributed by atoms with Crippen molar-refractivity contribution in [3.05, 3.63) is 0 Å². The number of carbonyl (C=O) groups is 1. The van der Waals surface area contributed by atoms with Gasteiger partial charge in [0.2, 0.25) is 5.91 Å². The topological polar surface area (TPSA) is 69.8 Å². The molecule has 0 radical (unpaired) electrons. The highest BCUT2D eigenvalue weighted by molar-refractivity contribution is 5.85. The van der Waals surface area contributed by atoms with Gasteiger partial charge in [0.1, 0.15) is 0 Å². The fourth-order valence-corrected chi connectivity index (χ4v) is 2.11. The lowest BCUT2D eigenvalue weighted by molar-refractivity contribution is -0.134. The van der Waals surface area contributed by atoms with E-state index >= 15 is 0 Å². The van der Waals surface area contributed by atoms with E-state index < -0.39 is 0 Å². The molecule has 0 aromatic heterocycles. The van der Waals surface area contributed by atoms with Crippen molar-refractivity contribution in [2.75, 3.05) is 32.7 Å². The number of carbonyl (C=O) groups excluding carboxylic acids is 1. The number of piperazine rings is 1. The molecule has 5 nitrogen and oxygen atoms in total. The molecular formula is C11H25Cl2N3O2. The number of halogens is 2. The van der Waals surface area contributed by atoms with Gasteiger partial charge in [-0.2, -0.15) is 0 Å². The van der Waals surface area contributed by atoms with Gasteiger partial charge >= 0.3 is 0 Å². The summed E-state index contributed by atoms with van der Waals surface area (Å²) in [5.41, 5.74) is 5.37. The van der Waals surface area contributed by atoms with Crippen LogP contribution in [0.1, 0.15) is 20.3 Å². The summed E-state index contributed by atoms with van der Waals surface area (Å²) >= 11 is 0. The number of hydrogen-bond acceptors (Lipinski definition) is 4. The summed E-state index contributed by atoms with van der Waals surface area (Å²) in [4.78, 5) is 15.7. The van der Waals surface area contributed by atoms with Gasteiger partial charge in [0.05, 0.1) is 6.10 Å². The molecule has 1 aliphatic rings. The molecule has 110 valence electrons. The van der Waals surface area contributed by atoms with Crippen molar-refractivity contribution in [1.29, 1.82) is 0 Å². The molecule has 2 unspecified atom stereocenters. The Kier molecular flexibility index (Phi) is 11.0. The molecule has 1 rings (SSSR count). The van der Waals surface area contributed by atoms with Gasteiger partial charge in [0, 0.05) is 45.2 Å². The minimum atomic E-state index is -0.311. The van der Waals surface area contributed by atoms with Gasteiger partial charge in [-0.05, 0) is 13.8 Å². The lowest BCUT2D eigenvalue weighted by atomic mass is 10.1. The predicted octanol–water partition coefficient (Wildman–Crippen LogP) is 0.0923. The summed E-state index contributed by atoms with van der Waals surface area (Å²) in [7, 11) is 0. The van der Waals surface area contributed by atoms with Crippen LogP contribution >= 0.6 is 24.8 Å². The number of nitrogens with two attached hydrogens (primary N) is 1. The molecule has 1 fully saturated rings. The second kappa shape index (κ2) is 9.81. The molecule has 18 heavy (non-hydrogen) atoms. The highest BCUT2D eigenvalue weighted by Crippen LogP contribution is 2.10. The van der Waals surface area contributed by atoms with Crippen LogP contribution in [0.4, 0.5) is 0 Å². The second-order valence-electron chi connectivity index (χ2n) is 4.57. The van der Waals surface area contributed by atoms with Gasteiger partial charge < -0.3 is 15.7 Å². The lowest BCUT2D eigenvalue weighted by Crippen LogP contribution is -2.55. The van der Waals surface area contributed by atoms with Crippen molar-refractivity contribution in [3.63, 3.8) is 0 Å². The number of rotatable bonds is 4. The summed E-state index contributed by atoms with van der Waals surface area (Å²) in [6.45, 7) is 7.30. The molecule has 0 spiro atoms. The Bertz CT molecular complexity index is 242. The Morgan fingerprint density at radius 2 is 2.06 bits per heavy atom. The van der Waals surface area contributed by atoms with Gasteiger partial charge in [0.25, 0.3) is 0 Å². The first-order valence-electron chi connectivity index (χ1n) is 5.94. The van der Waals surface area contributed by atoms with E-state index in [1.165, 1.54) is 0 Å². The highest BCUT2D eigenvalue weighted by atomic mass is 35.5. The summed E-state index contributed by atoms with van der Waals surface area (Å²) in [5.74, 6) is 0.144. The molecule has 1 aliphatic heterocycles. The smallest absolute Gasteiger partial charge is 0.223 e. The summed E-state index contributed by atoms with van der Waals surface area (Å²) in [5, 5.41) is 9.34. The first kappa shape index (κ1) is 20.3. The van der Waals surface area contributed by atoms with Gasteiger partial charge in [-0.25, -0.2) is 0 Å². The molecule has 1 saturated heterocycles. The quantitative estimate of drug-likeness (QED) is 0.772. The summed E-state index contributed by atoms with van der Waals surface area (Å²) in [6, 6.07) is 0.310. The summed E-state index contributed by atoms with van der Waals surface area (Å²) < 4.78 is 0. The van der Waals surface area contributed by atoms with Crippen LogP contribution in [0.3, 0.4) is 0 Å². The van der Waals surface area contributed by atoms with Crippen molar-refractivity contribution in [2.45, 2.75) is 32.4 Å². The molecule has 0 aromatic rings. The molecule has 3 N–H and O–H groups in total. The zero-order valence-electron chi connectivity index (χ0n) is 11.0. The highest BCUT2D eigenvalue weighted by Gasteiger charge is 2.26. The zero-order valence-corrected chi connectivity index (χ0v) is 12.7. The zero-order chi connectivity index (χ0) is 12.1. The van der Waals surface area contributed by atoms with E-state index in [0.717, 1.165) is 19.6 Å². The minimum absolute atomic E-state index is 0. The average molecular weight is 302 g/mol. The monoisotopic (exact) mass is 301 g/mol. The van der Waals surface area contributed by atoms with Gasteiger partial charge in [-0.1, -0.05) is 0 Å². The third kappa shape index (κ3) is 6.20. The average Bonchev–Trinajstić information content (AvgIpc) is 2.20. The van der Waals surface area contributed by atoms with Crippen molar-refractivity contribution < 1.29 is 9.90 Å². The number of nitrogens with zero attached hydrogens (tertiary/aromatic N) is 2. The van der Waals surface area contributed by atoms with Gasteiger partial charge in [-0.15, -0.1) is 24.8 Å². The van der Waals surface area contributed by atoms with Gasteiger partial charge in [-0.3, -0.25) is 9.69 Å². The molecule has 2 atom stereocenters. The molecule has 0 aliphatic carbocycles. The first-order valence-corrected chi connectivity index (χ1v) is 5.94. The number of aliphatic hydroxyl groups is 1. The van der Waals surface area contributed by atoms with Crippen LogP contribution in [-0.2, 0) is 4.79 Å². The van der Waals surface area contributed by atoms with Crippen LogP contribution in [-0.4, -0.2) is 65.7 Å². The van der Waals surface area contributed by atoms with E-state index in [2.05, 4.69) is 11.8 Å². The third-order valence-electron chi connectivity index (χ3n) is 2.97. The van der Waals surface area contributed by atoms with E-state index in [1.54, 1.807) is 6.92 Å². The van der Waals surface area contributed by atoms with E-state index in [4.69, 9.17) is 5.73 Å². The fourth-order valence-electron chi connectivity index (χ4n) is 2.11. The third-order valence-corrected chi connectivity index (χ3v) is 2.97. The standard InChI is InChI=1S/C11H23N3O2.2ClH/c1-9-7-14(11(16)3-4-12)6-5-13(9)8-10(2)15;;/h9-10,15H,3-8,12H2,1-2H3;2*1H. The van der Waals surface area contributed by atoms with E-state index in [0.29, 0.717) is 25.6 Å². The Morgan fingerprint density at radius 1 is 1.44 bits per heavy atom. The summed E-state index contributed by atoms with van der Waals surface area (Å²) in [6.07, 6.45) is 0.122. The van der Waals surface area contributed by atoms with Crippen LogP contribution in [0.25, 0.3) is 0 Å². The SMILES string of the molecule is CC(O)CN1CCN(C(=O)CCN)CC1C.Cl.Cl. The normalized spacial score (nSPS) is 21.8. The fraction of sp³-hybridized carbons (Fsp3) is 0.909. The van der Waals surface area contributed by atoms with E-state index in [1.807, 2.05) is 4.90 Å². The van der Waals surface area contributed by atoms with Crippen LogP contribution in [0.15, 0.2) is 0 Å². The number of aliphatic hydroxyl groups excluding tert-OH is 1. The maximum absolute atomic E-state index is 11.7. The van der Waals surface area contributed by atoms with Crippen molar-refractivity contribution in [3.8, 4) is 0 Å². The maximum Gasteiger partial charge on any atom is 0.223 e. The second-order valence-corrected chi connectivity index (χ2v) is 4.57. The lowest BCUT2D eigenvalue weighted by Gasteiger charge is -2.40. The molecule has 7 heteroatoms. The van der Waals surface area contributed by atoms with E-state index in [9.17, 15) is 9.90 Å². The molecule has 1 amide bonds. The van der Waals surface area contributed by atoms with E-state index in [-0.39, 0.29) is 36.8 Å². The van der Waals surface area contributed by atoms with Crippen molar-refractivity contribution >= 4 is 30.7 Å². The van der Waals surface area contributed by atoms with Crippen LogP contribution in [0.2, 0.25) is 0 Å². The van der Waals surface area contributed by atoms with Gasteiger partial charge in [0.15, 0.2) is 0 Å². The minimum Gasteiger partial charge on any atom is -0.392 e. The van der Waals surface area contributed by atoms with Crippen molar-refractivity contribution in [1.82, 2.24) is 9.80 Å². The first-order chi connectivity index (χ1) is 7.54. The number of amides is 1. The Hall–Kier alpha value is -0.0700. The van der Waals surface area contributed by atoms with Crippen LogP contribution in [0, 0.1) is 0 Å².